The molecule has 3 nitrogen and oxygen atoms in total. The van der Waals surface area contributed by atoms with Crippen molar-refractivity contribution in [2.75, 3.05) is 6.61 Å². The Morgan fingerprint density at radius 3 is 2.92 bits per heavy atom. The van der Waals surface area contributed by atoms with Crippen LogP contribution in [0.1, 0.15) is 6.42 Å². The van der Waals surface area contributed by atoms with Gasteiger partial charge in [-0.1, -0.05) is 29.3 Å². The molecule has 0 aliphatic heterocycles. The van der Waals surface area contributed by atoms with E-state index in [9.17, 15) is 0 Å². The summed E-state index contributed by atoms with van der Waals surface area (Å²) >= 11 is 11.3. The zero-order valence-corrected chi connectivity index (χ0v) is 8.35. The van der Waals surface area contributed by atoms with Crippen molar-refractivity contribution >= 4 is 23.2 Å². The van der Waals surface area contributed by atoms with Crippen molar-refractivity contribution in [1.82, 2.24) is 10.2 Å². The van der Waals surface area contributed by atoms with E-state index >= 15 is 0 Å². The van der Waals surface area contributed by atoms with Gasteiger partial charge in [-0.15, -0.1) is 16.8 Å². The van der Waals surface area contributed by atoms with E-state index in [1.165, 1.54) is 6.07 Å². The number of hydrogen-bond donors (Lipinski definition) is 0. The van der Waals surface area contributed by atoms with Gasteiger partial charge in [0.15, 0.2) is 16.1 Å². The molecule has 0 radical (unpaired) electrons. The molecule has 0 amide bonds. The third-order valence-corrected chi connectivity index (χ3v) is 1.71. The second-order valence-electron chi connectivity index (χ2n) is 2.25. The Labute approximate surface area is 86.3 Å². The second-order valence-corrected chi connectivity index (χ2v) is 2.99. The van der Waals surface area contributed by atoms with E-state index in [4.69, 9.17) is 27.9 Å². The molecule has 1 rings (SSSR count). The molecule has 1 aromatic rings. The fraction of sp³-hybridized carbons (Fsp3) is 0.250. The summed E-state index contributed by atoms with van der Waals surface area (Å²) in [6.07, 6.45) is 2.50. The maximum Gasteiger partial charge on any atom is 0.193 e. The molecule has 0 fully saturated rings. The Morgan fingerprint density at radius 1 is 1.46 bits per heavy atom. The summed E-state index contributed by atoms with van der Waals surface area (Å²) in [5.74, 6) is 0.448. The Morgan fingerprint density at radius 2 is 2.23 bits per heavy atom. The van der Waals surface area contributed by atoms with Crippen molar-refractivity contribution in [3.05, 3.63) is 29.0 Å². The average molecular weight is 219 g/mol. The molecule has 0 aliphatic carbocycles. The molecule has 5 heteroatoms. The highest BCUT2D eigenvalue weighted by atomic mass is 35.5. The van der Waals surface area contributed by atoms with Crippen molar-refractivity contribution < 1.29 is 4.74 Å². The van der Waals surface area contributed by atoms with E-state index in [2.05, 4.69) is 16.8 Å². The Kier molecular flexibility index (Phi) is 3.99. The summed E-state index contributed by atoms with van der Waals surface area (Å²) in [4.78, 5) is 0. The number of nitrogens with zero attached hydrogens (tertiary/aromatic N) is 2. The van der Waals surface area contributed by atoms with E-state index in [-0.39, 0.29) is 10.3 Å². The van der Waals surface area contributed by atoms with Gasteiger partial charge in [0.2, 0.25) is 0 Å². The van der Waals surface area contributed by atoms with Gasteiger partial charge < -0.3 is 4.74 Å². The van der Waals surface area contributed by atoms with Gasteiger partial charge >= 0.3 is 0 Å². The minimum absolute atomic E-state index is 0.216. The van der Waals surface area contributed by atoms with Crippen LogP contribution in [0.4, 0.5) is 0 Å². The molecule has 1 aromatic heterocycles. The number of ether oxygens (including phenoxy) is 1. The summed E-state index contributed by atoms with van der Waals surface area (Å²) in [5.41, 5.74) is 0. The van der Waals surface area contributed by atoms with E-state index in [1.54, 1.807) is 6.08 Å². The molecular formula is C8H8Cl2N2O. The number of aromatic nitrogens is 2. The summed E-state index contributed by atoms with van der Waals surface area (Å²) in [6.45, 7) is 4.07. The molecule has 0 saturated carbocycles. The summed E-state index contributed by atoms with van der Waals surface area (Å²) in [6, 6.07) is 1.53. The minimum Gasteiger partial charge on any atom is -0.490 e. The fourth-order valence-electron chi connectivity index (χ4n) is 0.691. The highest BCUT2D eigenvalue weighted by molar-refractivity contribution is 6.32. The van der Waals surface area contributed by atoms with Gasteiger partial charge in [-0.2, -0.15) is 0 Å². The lowest BCUT2D eigenvalue weighted by Gasteiger charge is -2.04. The zero-order valence-electron chi connectivity index (χ0n) is 6.83. The molecule has 0 bridgehead atoms. The summed E-state index contributed by atoms with van der Waals surface area (Å²) in [7, 11) is 0. The van der Waals surface area contributed by atoms with E-state index in [1.807, 2.05) is 0 Å². The largest absolute Gasteiger partial charge is 0.490 e. The minimum atomic E-state index is 0.216. The summed E-state index contributed by atoms with van der Waals surface area (Å²) in [5, 5.41) is 7.62. The van der Waals surface area contributed by atoms with Crippen LogP contribution >= 0.6 is 23.2 Å². The van der Waals surface area contributed by atoms with Crippen LogP contribution < -0.4 is 4.74 Å². The van der Waals surface area contributed by atoms with Crippen LogP contribution in [-0.2, 0) is 0 Å². The number of rotatable bonds is 4. The zero-order chi connectivity index (χ0) is 9.68. The topological polar surface area (TPSA) is 35.0 Å². The van der Waals surface area contributed by atoms with Gasteiger partial charge in [-0.05, 0) is 6.42 Å². The van der Waals surface area contributed by atoms with E-state index in [0.717, 1.165) is 6.42 Å². The molecule has 0 spiro atoms. The SMILES string of the molecule is C=CCCOc1cc(Cl)nnc1Cl. The Hall–Kier alpha value is -0.800. The highest BCUT2D eigenvalue weighted by Gasteiger charge is 2.04. The van der Waals surface area contributed by atoms with Crippen LogP contribution in [0, 0.1) is 0 Å². The van der Waals surface area contributed by atoms with Crippen LogP contribution in [0.5, 0.6) is 5.75 Å². The van der Waals surface area contributed by atoms with Crippen molar-refractivity contribution in [1.29, 1.82) is 0 Å². The average Bonchev–Trinajstić information content (AvgIpc) is 2.11. The third-order valence-electron chi connectivity index (χ3n) is 1.27. The molecule has 0 unspecified atom stereocenters. The Balaban J connectivity index is 2.64. The quantitative estimate of drug-likeness (QED) is 0.576. The molecule has 0 atom stereocenters. The lowest BCUT2D eigenvalue weighted by Crippen LogP contribution is -1.98. The molecule has 0 aromatic carbocycles. The summed E-state index contributed by atoms with van der Waals surface area (Å²) < 4.78 is 5.27. The maximum absolute atomic E-state index is 5.69. The van der Waals surface area contributed by atoms with Crippen LogP contribution in [0.2, 0.25) is 10.3 Å². The first-order valence-electron chi connectivity index (χ1n) is 3.66. The molecule has 0 saturated heterocycles. The Bertz CT molecular complexity index is 304. The predicted molar refractivity (Wildman–Crippen MR) is 52.4 cm³/mol. The normalized spacial score (nSPS) is 9.69. The van der Waals surface area contributed by atoms with Crippen molar-refractivity contribution in [2.45, 2.75) is 6.42 Å². The van der Waals surface area contributed by atoms with Crippen molar-refractivity contribution in [3.8, 4) is 5.75 Å². The van der Waals surface area contributed by atoms with Gasteiger partial charge in [0, 0.05) is 6.07 Å². The second kappa shape index (κ2) is 5.04. The standard InChI is InChI=1S/C8H8Cl2N2O/c1-2-3-4-13-6-5-7(9)11-12-8(6)10/h2,5H,1,3-4H2. The lowest BCUT2D eigenvalue weighted by molar-refractivity contribution is 0.323. The first kappa shape index (κ1) is 10.3. The van der Waals surface area contributed by atoms with Gasteiger partial charge in [0.05, 0.1) is 6.61 Å². The molecule has 1 heterocycles. The van der Waals surface area contributed by atoms with E-state index in [0.29, 0.717) is 12.4 Å². The lowest BCUT2D eigenvalue weighted by atomic mass is 10.4. The first-order chi connectivity index (χ1) is 6.24. The van der Waals surface area contributed by atoms with Crippen LogP contribution in [0.3, 0.4) is 0 Å². The molecule has 0 aliphatic rings. The molecular weight excluding hydrogens is 211 g/mol. The van der Waals surface area contributed by atoms with Gasteiger partial charge in [-0.3, -0.25) is 0 Å². The van der Waals surface area contributed by atoms with E-state index < -0.39 is 0 Å². The van der Waals surface area contributed by atoms with Crippen LogP contribution in [0.15, 0.2) is 18.7 Å². The van der Waals surface area contributed by atoms with Crippen molar-refractivity contribution in [3.63, 3.8) is 0 Å². The van der Waals surface area contributed by atoms with Crippen molar-refractivity contribution in [2.24, 2.45) is 0 Å². The maximum atomic E-state index is 5.69. The number of halogens is 2. The van der Waals surface area contributed by atoms with Crippen LogP contribution in [-0.4, -0.2) is 16.8 Å². The third kappa shape index (κ3) is 3.20. The monoisotopic (exact) mass is 218 g/mol. The van der Waals surface area contributed by atoms with Gasteiger partial charge in [-0.25, -0.2) is 0 Å². The molecule has 0 N–H and O–H groups in total. The molecule has 13 heavy (non-hydrogen) atoms. The predicted octanol–water partition coefficient (Wildman–Crippen LogP) is 2.74. The number of hydrogen-bond acceptors (Lipinski definition) is 3. The van der Waals surface area contributed by atoms with Crippen LogP contribution in [0.25, 0.3) is 0 Å². The molecule has 70 valence electrons. The van der Waals surface area contributed by atoms with Gasteiger partial charge in [0.1, 0.15) is 0 Å². The fourth-order valence-corrected chi connectivity index (χ4v) is 0.975. The highest BCUT2D eigenvalue weighted by Crippen LogP contribution is 2.23. The first-order valence-corrected chi connectivity index (χ1v) is 4.42. The van der Waals surface area contributed by atoms with Gasteiger partial charge in [0.25, 0.3) is 0 Å². The smallest absolute Gasteiger partial charge is 0.193 e.